The van der Waals surface area contributed by atoms with Gasteiger partial charge in [0.2, 0.25) is 0 Å². The molecule has 0 heterocycles. The first kappa shape index (κ1) is 11.5. The van der Waals surface area contributed by atoms with Crippen LogP contribution in [0, 0.1) is 6.92 Å². The van der Waals surface area contributed by atoms with E-state index in [1.54, 1.807) is 11.8 Å². The Balaban J connectivity index is 2.16. The molecule has 1 nitrogen and oxygen atoms in total. The third kappa shape index (κ3) is 2.76. The van der Waals surface area contributed by atoms with E-state index in [0.717, 1.165) is 31.1 Å². The van der Waals surface area contributed by atoms with Crippen LogP contribution in [0.25, 0.3) is 0 Å². The van der Waals surface area contributed by atoms with Crippen LogP contribution in [-0.4, -0.2) is 6.29 Å². The maximum atomic E-state index is 10.9. The molecule has 0 unspecified atom stereocenters. The Kier molecular flexibility index (Phi) is 3.83. The molecule has 0 amide bonds. The van der Waals surface area contributed by atoms with Crippen LogP contribution >= 0.6 is 11.8 Å². The average molecular weight is 232 g/mol. The van der Waals surface area contributed by atoms with Crippen LogP contribution in [0.4, 0.5) is 0 Å². The van der Waals surface area contributed by atoms with E-state index in [-0.39, 0.29) is 0 Å². The van der Waals surface area contributed by atoms with Crippen LogP contribution in [0.5, 0.6) is 0 Å². The SMILES string of the molecule is Cc1ccc(SC2=C(C=O)CCCC2)cc1. The third-order valence-electron chi connectivity index (χ3n) is 2.86. The number of aldehydes is 1. The lowest BCUT2D eigenvalue weighted by atomic mass is 10.0. The van der Waals surface area contributed by atoms with Gasteiger partial charge in [-0.05, 0) is 49.6 Å². The molecular weight excluding hydrogens is 216 g/mol. The zero-order valence-electron chi connectivity index (χ0n) is 9.53. The van der Waals surface area contributed by atoms with Crippen molar-refractivity contribution in [2.45, 2.75) is 37.5 Å². The lowest BCUT2D eigenvalue weighted by Crippen LogP contribution is -1.98. The molecule has 84 valence electrons. The summed E-state index contributed by atoms with van der Waals surface area (Å²) in [5, 5.41) is 0. The predicted molar refractivity (Wildman–Crippen MR) is 68.6 cm³/mol. The van der Waals surface area contributed by atoms with Crippen molar-refractivity contribution in [2.24, 2.45) is 0 Å². The smallest absolute Gasteiger partial charge is 0.146 e. The summed E-state index contributed by atoms with van der Waals surface area (Å²) in [7, 11) is 0. The minimum Gasteiger partial charge on any atom is -0.298 e. The van der Waals surface area contributed by atoms with Crippen molar-refractivity contribution in [1.29, 1.82) is 0 Å². The fourth-order valence-electron chi connectivity index (χ4n) is 1.89. The lowest BCUT2D eigenvalue weighted by Gasteiger charge is -2.16. The summed E-state index contributed by atoms with van der Waals surface area (Å²) in [5.41, 5.74) is 2.29. The van der Waals surface area contributed by atoms with Gasteiger partial charge in [0, 0.05) is 10.5 Å². The van der Waals surface area contributed by atoms with Gasteiger partial charge in [0.15, 0.2) is 0 Å². The van der Waals surface area contributed by atoms with Gasteiger partial charge in [0.1, 0.15) is 6.29 Å². The molecular formula is C14H16OS. The quantitative estimate of drug-likeness (QED) is 0.729. The van der Waals surface area contributed by atoms with Gasteiger partial charge in [0.05, 0.1) is 0 Å². The molecule has 1 aliphatic rings. The second-order valence-corrected chi connectivity index (χ2v) is 5.36. The number of benzene rings is 1. The van der Waals surface area contributed by atoms with Crippen molar-refractivity contribution < 1.29 is 4.79 Å². The van der Waals surface area contributed by atoms with E-state index >= 15 is 0 Å². The maximum Gasteiger partial charge on any atom is 0.146 e. The molecule has 0 N–H and O–H groups in total. The molecule has 0 atom stereocenters. The summed E-state index contributed by atoms with van der Waals surface area (Å²) >= 11 is 1.75. The number of hydrogen-bond donors (Lipinski definition) is 0. The van der Waals surface area contributed by atoms with Gasteiger partial charge in [0.25, 0.3) is 0 Å². The highest BCUT2D eigenvalue weighted by Gasteiger charge is 2.13. The highest BCUT2D eigenvalue weighted by molar-refractivity contribution is 8.03. The third-order valence-corrected chi connectivity index (χ3v) is 4.08. The molecule has 0 aliphatic heterocycles. The van der Waals surface area contributed by atoms with Crippen molar-refractivity contribution in [3.05, 3.63) is 40.3 Å². The van der Waals surface area contributed by atoms with Crippen molar-refractivity contribution >= 4 is 18.0 Å². The second kappa shape index (κ2) is 5.35. The van der Waals surface area contributed by atoms with E-state index in [0.29, 0.717) is 0 Å². The van der Waals surface area contributed by atoms with E-state index in [4.69, 9.17) is 0 Å². The molecule has 0 fully saturated rings. The summed E-state index contributed by atoms with van der Waals surface area (Å²) < 4.78 is 0. The zero-order valence-corrected chi connectivity index (χ0v) is 10.3. The standard InChI is InChI=1S/C14H16OS/c1-11-6-8-13(9-7-11)16-14-5-3-2-4-12(14)10-15/h6-10H,2-5H2,1H3. The molecule has 0 bridgehead atoms. The second-order valence-electron chi connectivity index (χ2n) is 4.19. The highest BCUT2D eigenvalue weighted by Crippen LogP contribution is 2.36. The monoisotopic (exact) mass is 232 g/mol. The Morgan fingerprint density at radius 3 is 2.50 bits per heavy atom. The minimum absolute atomic E-state index is 0.956. The number of carbonyl (C=O) groups is 1. The van der Waals surface area contributed by atoms with E-state index in [1.165, 1.54) is 21.8 Å². The maximum absolute atomic E-state index is 10.9. The molecule has 2 heteroatoms. The number of hydrogen-bond acceptors (Lipinski definition) is 2. The van der Waals surface area contributed by atoms with Gasteiger partial charge < -0.3 is 0 Å². The zero-order chi connectivity index (χ0) is 11.4. The number of allylic oxidation sites excluding steroid dienone is 2. The Hall–Kier alpha value is -1.02. The van der Waals surface area contributed by atoms with E-state index < -0.39 is 0 Å². The van der Waals surface area contributed by atoms with Crippen LogP contribution in [0.2, 0.25) is 0 Å². The van der Waals surface area contributed by atoms with Gasteiger partial charge >= 0.3 is 0 Å². The average Bonchev–Trinajstić information content (AvgIpc) is 2.33. The van der Waals surface area contributed by atoms with Crippen molar-refractivity contribution in [2.75, 3.05) is 0 Å². The van der Waals surface area contributed by atoms with Gasteiger partial charge in [-0.25, -0.2) is 0 Å². The van der Waals surface area contributed by atoms with E-state index in [1.807, 2.05) is 0 Å². The summed E-state index contributed by atoms with van der Waals surface area (Å²) in [6.07, 6.45) is 5.43. The minimum atomic E-state index is 0.956. The first-order chi connectivity index (χ1) is 7.79. The number of thioether (sulfide) groups is 1. The normalized spacial score (nSPS) is 16.3. The number of aryl methyl sites for hydroxylation is 1. The summed E-state index contributed by atoms with van der Waals surface area (Å²) in [6, 6.07) is 8.49. The predicted octanol–water partition coefficient (Wildman–Crippen LogP) is 4.11. The Morgan fingerprint density at radius 2 is 1.81 bits per heavy atom. The molecule has 0 aromatic heterocycles. The van der Waals surface area contributed by atoms with Crippen molar-refractivity contribution in [1.82, 2.24) is 0 Å². The van der Waals surface area contributed by atoms with Crippen LogP contribution in [0.15, 0.2) is 39.6 Å². The summed E-state index contributed by atoms with van der Waals surface area (Å²) in [6.45, 7) is 2.09. The molecule has 16 heavy (non-hydrogen) atoms. The van der Waals surface area contributed by atoms with Gasteiger partial charge in [-0.15, -0.1) is 0 Å². The lowest BCUT2D eigenvalue weighted by molar-refractivity contribution is -0.105. The summed E-state index contributed by atoms with van der Waals surface area (Å²) in [4.78, 5) is 13.4. The molecule has 0 radical (unpaired) electrons. The first-order valence-electron chi connectivity index (χ1n) is 5.71. The molecule has 0 saturated carbocycles. The largest absolute Gasteiger partial charge is 0.298 e. The van der Waals surface area contributed by atoms with Gasteiger partial charge in [-0.3, -0.25) is 4.79 Å². The van der Waals surface area contributed by atoms with Crippen LogP contribution in [0.1, 0.15) is 31.2 Å². The Morgan fingerprint density at radius 1 is 1.12 bits per heavy atom. The van der Waals surface area contributed by atoms with Crippen LogP contribution < -0.4 is 0 Å². The topological polar surface area (TPSA) is 17.1 Å². The molecule has 2 rings (SSSR count). The summed E-state index contributed by atoms with van der Waals surface area (Å²) in [5.74, 6) is 0. The fraction of sp³-hybridized carbons (Fsp3) is 0.357. The van der Waals surface area contributed by atoms with Crippen LogP contribution in [-0.2, 0) is 4.79 Å². The first-order valence-corrected chi connectivity index (χ1v) is 6.53. The van der Waals surface area contributed by atoms with Gasteiger partial charge in [-0.2, -0.15) is 0 Å². The molecule has 1 aromatic carbocycles. The number of carbonyl (C=O) groups excluding carboxylic acids is 1. The highest BCUT2D eigenvalue weighted by atomic mass is 32.2. The van der Waals surface area contributed by atoms with Crippen molar-refractivity contribution in [3.63, 3.8) is 0 Å². The van der Waals surface area contributed by atoms with Gasteiger partial charge in [-0.1, -0.05) is 29.5 Å². The van der Waals surface area contributed by atoms with Crippen LogP contribution in [0.3, 0.4) is 0 Å². The molecule has 0 spiro atoms. The Bertz CT molecular complexity index is 403. The molecule has 1 aromatic rings. The number of rotatable bonds is 3. The van der Waals surface area contributed by atoms with Crippen molar-refractivity contribution in [3.8, 4) is 0 Å². The Labute approximate surface area is 101 Å². The van der Waals surface area contributed by atoms with E-state index in [9.17, 15) is 4.79 Å². The fourth-order valence-corrected chi connectivity index (χ4v) is 2.98. The van der Waals surface area contributed by atoms with E-state index in [2.05, 4.69) is 31.2 Å². The molecule has 0 saturated heterocycles. The molecule has 1 aliphatic carbocycles.